The third-order valence-electron chi connectivity index (χ3n) is 3.13. The van der Waals surface area contributed by atoms with E-state index >= 15 is 0 Å². The molecule has 0 saturated carbocycles. The Morgan fingerprint density at radius 2 is 2.18 bits per heavy atom. The second kappa shape index (κ2) is 4.17. The molecule has 2 aromatic rings. The molecule has 1 aliphatic rings. The first-order valence-electron chi connectivity index (χ1n) is 5.93. The minimum atomic E-state index is 0.418. The number of aryl methyl sites for hydroxylation is 1. The van der Waals surface area contributed by atoms with E-state index in [1.807, 2.05) is 0 Å². The highest BCUT2D eigenvalue weighted by atomic mass is 16.3. The number of hydrogen-bond acceptors (Lipinski definition) is 3. The summed E-state index contributed by atoms with van der Waals surface area (Å²) in [5, 5.41) is 6.86. The molecule has 1 unspecified atom stereocenters. The Balaban J connectivity index is 1.72. The fourth-order valence-electron chi connectivity index (χ4n) is 2.30. The Morgan fingerprint density at radius 1 is 1.29 bits per heavy atom. The van der Waals surface area contributed by atoms with Crippen molar-refractivity contribution in [2.24, 2.45) is 0 Å². The highest BCUT2D eigenvalue weighted by Gasteiger charge is 2.18. The smallest absolute Gasteiger partial charge is 0.116 e. The number of nitrogens with one attached hydrogen (secondary N) is 2. The van der Waals surface area contributed by atoms with Gasteiger partial charge in [-0.05, 0) is 18.9 Å². The number of anilines is 2. The molecule has 3 heteroatoms. The first-order valence-corrected chi connectivity index (χ1v) is 5.93. The van der Waals surface area contributed by atoms with Crippen LogP contribution in [0, 0.1) is 6.92 Å². The van der Waals surface area contributed by atoms with Gasteiger partial charge in [-0.25, -0.2) is 0 Å². The Bertz CT molecular complexity index is 518. The van der Waals surface area contributed by atoms with Crippen LogP contribution in [-0.2, 0) is 6.42 Å². The van der Waals surface area contributed by atoms with Crippen LogP contribution in [0.1, 0.15) is 11.1 Å². The van der Waals surface area contributed by atoms with E-state index in [9.17, 15) is 0 Å². The van der Waals surface area contributed by atoms with Gasteiger partial charge in [-0.1, -0.05) is 29.8 Å². The van der Waals surface area contributed by atoms with E-state index in [0.717, 1.165) is 24.3 Å². The second-order valence-corrected chi connectivity index (χ2v) is 4.61. The van der Waals surface area contributed by atoms with Gasteiger partial charge in [0, 0.05) is 12.6 Å². The molecule has 0 saturated heterocycles. The zero-order chi connectivity index (χ0) is 11.7. The molecule has 1 aromatic heterocycles. The maximum atomic E-state index is 5.16. The highest BCUT2D eigenvalue weighted by Crippen LogP contribution is 2.27. The molecular formula is C14H16N2O. The lowest BCUT2D eigenvalue weighted by Crippen LogP contribution is -2.34. The van der Waals surface area contributed by atoms with E-state index in [1.165, 1.54) is 11.1 Å². The van der Waals surface area contributed by atoms with Gasteiger partial charge in [0.15, 0.2) is 0 Å². The van der Waals surface area contributed by atoms with Crippen molar-refractivity contribution < 1.29 is 4.42 Å². The van der Waals surface area contributed by atoms with E-state index < -0.39 is 0 Å². The number of fused-ring (bicyclic) bond motifs is 1. The fourth-order valence-corrected chi connectivity index (χ4v) is 2.30. The summed E-state index contributed by atoms with van der Waals surface area (Å²) in [6, 6.07) is 9.09. The third-order valence-corrected chi connectivity index (χ3v) is 3.13. The monoisotopic (exact) mass is 228 g/mol. The molecule has 0 fully saturated rings. The quantitative estimate of drug-likeness (QED) is 0.829. The molecule has 1 aliphatic heterocycles. The first kappa shape index (κ1) is 10.3. The van der Waals surface area contributed by atoms with Gasteiger partial charge in [-0.3, -0.25) is 0 Å². The van der Waals surface area contributed by atoms with E-state index in [-0.39, 0.29) is 0 Å². The molecule has 3 nitrogen and oxygen atoms in total. The van der Waals surface area contributed by atoms with Crippen molar-refractivity contribution in [2.75, 3.05) is 17.2 Å². The lowest BCUT2D eigenvalue weighted by atomic mass is 10.0. The lowest BCUT2D eigenvalue weighted by molar-refractivity contribution is 0.569. The molecule has 0 amide bonds. The molecule has 17 heavy (non-hydrogen) atoms. The van der Waals surface area contributed by atoms with Crippen molar-refractivity contribution in [3.05, 3.63) is 47.9 Å². The summed E-state index contributed by atoms with van der Waals surface area (Å²) >= 11 is 0. The summed E-state index contributed by atoms with van der Waals surface area (Å²) in [6.07, 6.45) is 4.52. The summed E-state index contributed by atoms with van der Waals surface area (Å²) in [7, 11) is 0. The Kier molecular flexibility index (Phi) is 2.52. The SMILES string of the molecule is Cc1cccc(CC2CNc3cocc3N2)c1. The summed E-state index contributed by atoms with van der Waals surface area (Å²) in [6.45, 7) is 3.06. The van der Waals surface area contributed by atoms with Crippen molar-refractivity contribution in [3.63, 3.8) is 0 Å². The predicted octanol–water partition coefficient (Wildman–Crippen LogP) is 3.04. The lowest BCUT2D eigenvalue weighted by Gasteiger charge is -2.25. The van der Waals surface area contributed by atoms with Crippen LogP contribution in [0.2, 0.25) is 0 Å². The zero-order valence-corrected chi connectivity index (χ0v) is 9.86. The van der Waals surface area contributed by atoms with Crippen LogP contribution < -0.4 is 10.6 Å². The molecule has 2 heterocycles. The maximum Gasteiger partial charge on any atom is 0.116 e. The van der Waals surface area contributed by atoms with Crippen LogP contribution in [0.5, 0.6) is 0 Å². The van der Waals surface area contributed by atoms with Crippen LogP contribution >= 0.6 is 0 Å². The van der Waals surface area contributed by atoms with E-state index in [2.05, 4.69) is 41.8 Å². The van der Waals surface area contributed by atoms with Gasteiger partial charge in [0.25, 0.3) is 0 Å². The molecule has 0 bridgehead atoms. The van der Waals surface area contributed by atoms with Gasteiger partial charge < -0.3 is 15.1 Å². The van der Waals surface area contributed by atoms with Crippen LogP contribution in [0.15, 0.2) is 41.2 Å². The van der Waals surface area contributed by atoms with Crippen LogP contribution in [0.4, 0.5) is 11.4 Å². The first-order chi connectivity index (χ1) is 8.31. The molecule has 1 aromatic carbocycles. The highest BCUT2D eigenvalue weighted by molar-refractivity contribution is 5.69. The fraction of sp³-hybridized carbons (Fsp3) is 0.286. The zero-order valence-electron chi connectivity index (χ0n) is 9.86. The van der Waals surface area contributed by atoms with Gasteiger partial charge in [0.2, 0.25) is 0 Å². The molecule has 88 valence electrons. The minimum absolute atomic E-state index is 0.418. The molecule has 1 atom stereocenters. The van der Waals surface area contributed by atoms with Crippen LogP contribution in [0.3, 0.4) is 0 Å². The number of furan rings is 1. The topological polar surface area (TPSA) is 37.2 Å². The molecule has 3 rings (SSSR count). The maximum absolute atomic E-state index is 5.16. The standard InChI is InChI=1S/C14H16N2O/c1-10-3-2-4-11(5-10)6-12-7-15-13-8-17-9-14(13)16-12/h2-5,8-9,12,15-16H,6-7H2,1H3. The van der Waals surface area contributed by atoms with E-state index in [4.69, 9.17) is 4.42 Å². The molecule has 2 N–H and O–H groups in total. The van der Waals surface area contributed by atoms with Gasteiger partial charge in [-0.15, -0.1) is 0 Å². The third kappa shape index (κ3) is 2.13. The van der Waals surface area contributed by atoms with E-state index in [1.54, 1.807) is 12.5 Å². The van der Waals surface area contributed by atoms with Crippen LogP contribution in [0.25, 0.3) is 0 Å². The normalized spacial score (nSPS) is 18.1. The van der Waals surface area contributed by atoms with Gasteiger partial charge in [0.1, 0.15) is 12.5 Å². The van der Waals surface area contributed by atoms with Crippen molar-refractivity contribution in [1.82, 2.24) is 0 Å². The van der Waals surface area contributed by atoms with Gasteiger partial charge in [0.05, 0.1) is 11.4 Å². The van der Waals surface area contributed by atoms with Crippen molar-refractivity contribution in [3.8, 4) is 0 Å². The minimum Gasteiger partial charge on any atom is -0.468 e. The predicted molar refractivity (Wildman–Crippen MR) is 69.5 cm³/mol. The van der Waals surface area contributed by atoms with Gasteiger partial charge in [-0.2, -0.15) is 0 Å². The Hall–Kier alpha value is -1.90. The molecular weight excluding hydrogens is 212 g/mol. The summed E-state index contributed by atoms with van der Waals surface area (Å²) < 4.78 is 5.16. The number of hydrogen-bond donors (Lipinski definition) is 2. The van der Waals surface area contributed by atoms with E-state index in [0.29, 0.717) is 6.04 Å². The number of benzene rings is 1. The average molecular weight is 228 g/mol. The van der Waals surface area contributed by atoms with Gasteiger partial charge >= 0.3 is 0 Å². The summed E-state index contributed by atoms with van der Waals surface area (Å²) in [4.78, 5) is 0. The summed E-state index contributed by atoms with van der Waals surface area (Å²) in [5.41, 5.74) is 4.81. The molecule has 0 spiro atoms. The Morgan fingerprint density at radius 3 is 3.06 bits per heavy atom. The number of rotatable bonds is 2. The van der Waals surface area contributed by atoms with Crippen molar-refractivity contribution in [2.45, 2.75) is 19.4 Å². The average Bonchev–Trinajstić information content (AvgIpc) is 2.76. The van der Waals surface area contributed by atoms with Crippen molar-refractivity contribution in [1.29, 1.82) is 0 Å². The summed E-state index contributed by atoms with van der Waals surface area (Å²) in [5.74, 6) is 0. The van der Waals surface area contributed by atoms with Crippen molar-refractivity contribution >= 4 is 11.4 Å². The molecule has 0 radical (unpaired) electrons. The Labute approximate surface area is 101 Å². The largest absolute Gasteiger partial charge is 0.468 e. The second-order valence-electron chi connectivity index (χ2n) is 4.61. The molecule has 0 aliphatic carbocycles. The van der Waals surface area contributed by atoms with Crippen LogP contribution in [-0.4, -0.2) is 12.6 Å².